The summed E-state index contributed by atoms with van der Waals surface area (Å²) < 4.78 is 31.2. The van der Waals surface area contributed by atoms with Crippen molar-refractivity contribution in [3.05, 3.63) is 0 Å². The summed E-state index contributed by atoms with van der Waals surface area (Å²) in [5.74, 6) is 0. The van der Waals surface area contributed by atoms with Crippen LogP contribution in [0.4, 0.5) is 4.39 Å². The summed E-state index contributed by atoms with van der Waals surface area (Å²) in [6.45, 7) is 1.74. The van der Waals surface area contributed by atoms with Gasteiger partial charge in [-0.2, -0.15) is 4.21 Å². The maximum atomic E-state index is 12.3. The first kappa shape index (κ1) is 7.11. The van der Waals surface area contributed by atoms with Gasteiger partial charge in [-0.1, -0.05) is 6.92 Å². The summed E-state index contributed by atoms with van der Waals surface area (Å²) in [6.07, 6.45) is -1.69. The first-order valence-corrected chi connectivity index (χ1v) is 3.64. The van der Waals surface area contributed by atoms with Crippen molar-refractivity contribution in [2.45, 2.75) is 25.8 Å². The predicted molar refractivity (Wildman–Crippen MR) is 29.3 cm³/mol. The van der Waals surface area contributed by atoms with Crippen molar-refractivity contribution in [1.82, 2.24) is 0 Å². The van der Waals surface area contributed by atoms with Crippen molar-refractivity contribution in [2.75, 3.05) is 0 Å². The fourth-order valence-corrected chi connectivity index (χ4v) is 1.30. The minimum absolute atomic E-state index is 0.479. The van der Waals surface area contributed by atoms with Gasteiger partial charge in [-0.25, -0.2) is 8.57 Å². The van der Waals surface area contributed by atoms with Crippen LogP contribution in [-0.2, 0) is 19.7 Å². The lowest BCUT2D eigenvalue weighted by Gasteiger charge is -2.01. The molecule has 1 heterocycles. The van der Waals surface area contributed by atoms with Crippen LogP contribution in [-0.4, -0.2) is 16.7 Å². The molecule has 0 saturated carbocycles. The average molecular weight is 154 g/mol. The third kappa shape index (κ3) is 1.47. The zero-order valence-electron chi connectivity index (χ0n) is 4.87. The van der Waals surface area contributed by atoms with E-state index in [4.69, 9.17) is 0 Å². The van der Waals surface area contributed by atoms with Crippen LogP contribution in [0.5, 0.6) is 0 Å². The van der Waals surface area contributed by atoms with Crippen LogP contribution in [0, 0.1) is 0 Å². The Hall–Kier alpha value is -0.0000000000000000278. The zero-order valence-corrected chi connectivity index (χ0v) is 5.69. The third-order valence-electron chi connectivity index (χ3n) is 1.07. The second kappa shape index (κ2) is 2.72. The molecule has 3 unspecified atom stereocenters. The molecule has 1 fully saturated rings. The lowest BCUT2D eigenvalue weighted by atomic mass is 10.3. The molecule has 0 aromatic heterocycles. The quantitative estimate of drug-likeness (QED) is 0.557. The molecule has 0 bridgehead atoms. The molecule has 9 heavy (non-hydrogen) atoms. The Labute approximate surface area is 55.0 Å². The van der Waals surface area contributed by atoms with Gasteiger partial charge in [-0.15, -0.1) is 0 Å². The van der Waals surface area contributed by atoms with Crippen LogP contribution in [0.1, 0.15) is 13.3 Å². The average Bonchev–Trinajstić information content (AvgIpc) is 2.10. The summed E-state index contributed by atoms with van der Waals surface area (Å²) in [6, 6.07) is 0. The molecule has 0 spiro atoms. The highest BCUT2D eigenvalue weighted by Crippen LogP contribution is 2.20. The Morgan fingerprint density at radius 2 is 2.33 bits per heavy atom. The maximum absolute atomic E-state index is 12.3. The first-order valence-electron chi connectivity index (χ1n) is 2.64. The minimum Gasteiger partial charge on any atom is -0.259 e. The van der Waals surface area contributed by atoms with E-state index in [1.807, 2.05) is 0 Å². The Morgan fingerprint density at radius 1 is 1.67 bits per heavy atom. The monoisotopic (exact) mass is 154 g/mol. The highest BCUT2D eigenvalue weighted by molar-refractivity contribution is 7.75. The van der Waals surface area contributed by atoms with Gasteiger partial charge in [-0.05, 0) is 6.42 Å². The SMILES string of the molecule is CCC1OS(=O)OC1F. The van der Waals surface area contributed by atoms with Gasteiger partial charge in [0.05, 0.1) is 0 Å². The fraction of sp³-hybridized carbons (Fsp3) is 1.00. The molecule has 1 aliphatic rings. The van der Waals surface area contributed by atoms with E-state index >= 15 is 0 Å². The molecule has 5 heteroatoms. The molecule has 0 aliphatic carbocycles. The second-order valence-electron chi connectivity index (χ2n) is 1.69. The van der Waals surface area contributed by atoms with Gasteiger partial charge >= 0.3 is 11.4 Å². The highest BCUT2D eigenvalue weighted by atomic mass is 32.2. The van der Waals surface area contributed by atoms with E-state index < -0.39 is 23.8 Å². The summed E-state index contributed by atoms with van der Waals surface area (Å²) in [7, 11) is 0. The Bertz CT molecular complexity index is 129. The van der Waals surface area contributed by atoms with Crippen molar-refractivity contribution < 1.29 is 17.0 Å². The van der Waals surface area contributed by atoms with Crippen LogP contribution in [0.2, 0.25) is 0 Å². The largest absolute Gasteiger partial charge is 0.308 e. The van der Waals surface area contributed by atoms with Gasteiger partial charge in [0, 0.05) is 0 Å². The highest BCUT2D eigenvalue weighted by Gasteiger charge is 2.33. The van der Waals surface area contributed by atoms with E-state index in [9.17, 15) is 8.60 Å². The normalized spacial score (nSPS) is 43.6. The molecule has 0 aromatic carbocycles. The summed E-state index contributed by atoms with van der Waals surface area (Å²) in [5, 5.41) is 0. The summed E-state index contributed by atoms with van der Waals surface area (Å²) in [5.41, 5.74) is 0. The number of hydrogen-bond acceptors (Lipinski definition) is 3. The van der Waals surface area contributed by atoms with Crippen LogP contribution >= 0.6 is 0 Å². The van der Waals surface area contributed by atoms with Crippen LogP contribution in [0.25, 0.3) is 0 Å². The molecule has 54 valence electrons. The lowest BCUT2D eigenvalue weighted by molar-refractivity contribution is 0.0378. The standard InChI is InChI=1S/C4H7FO3S/c1-2-3-4(5)8-9(6)7-3/h3-4H,2H2,1H3. The van der Waals surface area contributed by atoms with E-state index in [1.165, 1.54) is 0 Å². The Kier molecular flexibility index (Phi) is 2.15. The van der Waals surface area contributed by atoms with Gasteiger partial charge in [0.2, 0.25) is 6.36 Å². The molecule has 0 N–H and O–H groups in total. The van der Waals surface area contributed by atoms with Crippen molar-refractivity contribution in [3.63, 3.8) is 0 Å². The molecule has 3 nitrogen and oxygen atoms in total. The summed E-state index contributed by atoms with van der Waals surface area (Å²) in [4.78, 5) is 0. The van der Waals surface area contributed by atoms with Gasteiger partial charge in [-0.3, -0.25) is 4.18 Å². The molecule has 0 amide bonds. The lowest BCUT2D eigenvalue weighted by Crippen LogP contribution is -2.15. The Balaban J connectivity index is 2.47. The fourth-order valence-electron chi connectivity index (χ4n) is 0.558. The molecule has 0 aromatic rings. The molecular weight excluding hydrogens is 147 g/mol. The number of alkyl halides is 1. The van der Waals surface area contributed by atoms with Crippen molar-refractivity contribution >= 4 is 11.4 Å². The minimum atomic E-state index is -1.86. The number of rotatable bonds is 1. The third-order valence-corrected chi connectivity index (χ3v) is 1.81. The van der Waals surface area contributed by atoms with Gasteiger partial charge < -0.3 is 0 Å². The molecule has 0 radical (unpaired) electrons. The van der Waals surface area contributed by atoms with Crippen molar-refractivity contribution in [2.24, 2.45) is 0 Å². The van der Waals surface area contributed by atoms with E-state index in [2.05, 4.69) is 8.37 Å². The van der Waals surface area contributed by atoms with E-state index in [-0.39, 0.29) is 0 Å². The summed E-state index contributed by atoms with van der Waals surface area (Å²) >= 11 is -1.86. The second-order valence-corrected chi connectivity index (χ2v) is 2.49. The van der Waals surface area contributed by atoms with Crippen molar-refractivity contribution in [3.8, 4) is 0 Å². The van der Waals surface area contributed by atoms with Crippen LogP contribution < -0.4 is 0 Å². The molecular formula is C4H7FO3S. The number of hydrogen-bond donors (Lipinski definition) is 0. The van der Waals surface area contributed by atoms with Gasteiger partial charge in [0.25, 0.3) is 0 Å². The molecule has 1 saturated heterocycles. The Morgan fingerprint density at radius 3 is 2.56 bits per heavy atom. The van der Waals surface area contributed by atoms with Crippen molar-refractivity contribution in [1.29, 1.82) is 0 Å². The zero-order chi connectivity index (χ0) is 6.85. The van der Waals surface area contributed by atoms with Gasteiger partial charge in [0.15, 0.2) is 0 Å². The van der Waals surface area contributed by atoms with Crippen LogP contribution in [0.15, 0.2) is 0 Å². The van der Waals surface area contributed by atoms with Crippen LogP contribution in [0.3, 0.4) is 0 Å². The van der Waals surface area contributed by atoms with E-state index in [0.717, 1.165) is 0 Å². The van der Waals surface area contributed by atoms with E-state index in [0.29, 0.717) is 6.42 Å². The van der Waals surface area contributed by atoms with E-state index in [1.54, 1.807) is 6.92 Å². The predicted octanol–water partition coefficient (Wildman–Crippen LogP) is 0.686. The maximum Gasteiger partial charge on any atom is 0.308 e. The number of halogens is 1. The molecule has 1 rings (SSSR count). The topological polar surface area (TPSA) is 35.5 Å². The first-order chi connectivity index (χ1) is 4.24. The molecule has 1 aliphatic heterocycles. The van der Waals surface area contributed by atoms with Gasteiger partial charge in [0.1, 0.15) is 6.10 Å². The molecule has 3 atom stereocenters. The smallest absolute Gasteiger partial charge is 0.259 e.